The first-order chi connectivity index (χ1) is 21.2. The highest BCUT2D eigenvalue weighted by atomic mass is 32.1. The maximum absolute atomic E-state index is 13.6. The number of rotatable bonds is 9. The number of carbonyl (C=O) groups excluding carboxylic acids is 3. The van der Waals surface area contributed by atoms with E-state index in [4.69, 9.17) is 4.74 Å². The van der Waals surface area contributed by atoms with Crippen molar-refractivity contribution in [1.29, 1.82) is 0 Å². The molecule has 0 saturated carbocycles. The number of hydrogen-bond donors (Lipinski definition) is 2. The van der Waals surface area contributed by atoms with E-state index >= 15 is 0 Å². The number of amides is 3. The van der Waals surface area contributed by atoms with Crippen LogP contribution in [0.2, 0.25) is 0 Å². The first-order valence-electron chi connectivity index (χ1n) is 13.9. The van der Waals surface area contributed by atoms with Crippen LogP contribution in [0.5, 0.6) is 0 Å². The van der Waals surface area contributed by atoms with Crippen molar-refractivity contribution in [3.63, 3.8) is 0 Å². The van der Waals surface area contributed by atoms with Crippen molar-refractivity contribution in [2.24, 2.45) is 0 Å². The molecule has 2 aliphatic carbocycles. The lowest BCUT2D eigenvalue weighted by Gasteiger charge is -2.27. The predicted molar refractivity (Wildman–Crippen MR) is 161 cm³/mol. The van der Waals surface area contributed by atoms with E-state index in [1.54, 1.807) is 24.3 Å². The van der Waals surface area contributed by atoms with Crippen LogP contribution in [0.15, 0.2) is 78.0 Å². The lowest BCUT2D eigenvalue weighted by atomic mass is 10.00. The van der Waals surface area contributed by atoms with Gasteiger partial charge in [0.05, 0.1) is 17.2 Å². The molecule has 3 aromatic rings. The standard InChI is InChI=1S/C31H26FN5O6S/c32-20-9-5-18(6-10-20)17-36(30(40)27-26(43-27)29(39)33-21-11-15-23(16-12-21)37(41)42)22-13-7-19(8-14-22)28(38)35-31-34-24-3-1-2-4-25(24)44-31/h1,3,5-7,9-13,15-16,26-27H,2,4,8,14,17H2,(H,33,39)(H,34,35,38)/t26-,27-/m0/s1. The molecule has 44 heavy (non-hydrogen) atoms. The molecule has 224 valence electrons. The molecular weight excluding hydrogens is 589 g/mol. The van der Waals surface area contributed by atoms with Crippen molar-refractivity contribution in [3.8, 4) is 0 Å². The third-order valence-corrected chi connectivity index (χ3v) is 8.43. The number of allylic oxidation sites excluding steroid dienone is 4. The van der Waals surface area contributed by atoms with Gasteiger partial charge in [-0.1, -0.05) is 24.3 Å². The fourth-order valence-electron chi connectivity index (χ4n) is 4.98. The van der Waals surface area contributed by atoms with E-state index < -0.39 is 34.8 Å². The number of aryl methyl sites for hydroxylation is 1. The minimum Gasteiger partial charge on any atom is -0.349 e. The SMILES string of the molecule is O=C(Nc1nc2c(s1)CCC=C2)C1=CC=C(N(Cc2ccc(F)cc2)C(=O)[C@H]2O[C@@H]2C(=O)Nc2ccc([N+](=O)[O-])cc2)CC1. The summed E-state index contributed by atoms with van der Waals surface area (Å²) in [6.45, 7) is 0.106. The molecule has 1 fully saturated rings. The number of epoxide rings is 1. The third-order valence-electron chi connectivity index (χ3n) is 7.39. The summed E-state index contributed by atoms with van der Waals surface area (Å²) in [7, 11) is 0. The van der Waals surface area contributed by atoms with Gasteiger partial charge >= 0.3 is 0 Å². The second kappa shape index (κ2) is 12.3. The van der Waals surface area contributed by atoms with Crippen LogP contribution in [-0.4, -0.2) is 44.7 Å². The number of nitro groups is 1. The van der Waals surface area contributed by atoms with E-state index in [0.29, 0.717) is 40.5 Å². The van der Waals surface area contributed by atoms with Gasteiger partial charge in [0.2, 0.25) is 0 Å². The lowest BCUT2D eigenvalue weighted by Crippen LogP contribution is -2.36. The second-order valence-corrected chi connectivity index (χ2v) is 11.5. The summed E-state index contributed by atoms with van der Waals surface area (Å²) in [5.74, 6) is -1.69. The molecule has 2 N–H and O–H groups in total. The number of benzene rings is 2. The van der Waals surface area contributed by atoms with Crippen LogP contribution >= 0.6 is 11.3 Å². The second-order valence-electron chi connectivity index (χ2n) is 10.4. The Morgan fingerprint density at radius 3 is 2.48 bits per heavy atom. The number of ether oxygens (including phenoxy) is 1. The summed E-state index contributed by atoms with van der Waals surface area (Å²) in [6.07, 6.45) is 7.87. The number of non-ortho nitro benzene ring substituents is 1. The lowest BCUT2D eigenvalue weighted by molar-refractivity contribution is -0.384. The molecule has 3 aliphatic rings. The van der Waals surface area contributed by atoms with Crippen LogP contribution in [0.4, 0.5) is 20.9 Å². The fourth-order valence-corrected chi connectivity index (χ4v) is 5.94. The van der Waals surface area contributed by atoms with Crippen LogP contribution in [0.25, 0.3) is 6.08 Å². The van der Waals surface area contributed by atoms with Crippen LogP contribution in [0.1, 0.15) is 35.4 Å². The summed E-state index contributed by atoms with van der Waals surface area (Å²) in [6, 6.07) is 11.1. The number of halogens is 1. The monoisotopic (exact) mass is 615 g/mol. The van der Waals surface area contributed by atoms with Crippen LogP contribution < -0.4 is 10.6 Å². The zero-order valence-corrected chi connectivity index (χ0v) is 24.0. The number of thiazole rings is 1. The average molecular weight is 616 g/mol. The first kappa shape index (κ1) is 29.1. The van der Waals surface area contributed by atoms with Gasteiger partial charge in [0, 0.05) is 34.0 Å². The molecule has 13 heteroatoms. The van der Waals surface area contributed by atoms with E-state index in [-0.39, 0.29) is 18.1 Å². The Kier molecular flexibility index (Phi) is 8.13. The Bertz CT molecular complexity index is 1730. The largest absolute Gasteiger partial charge is 0.349 e. The number of anilines is 2. The normalized spacial score (nSPS) is 18.4. The molecule has 0 bridgehead atoms. The van der Waals surface area contributed by atoms with Gasteiger partial charge in [-0.05, 0) is 67.7 Å². The Morgan fingerprint density at radius 1 is 1.02 bits per heavy atom. The van der Waals surface area contributed by atoms with E-state index in [9.17, 15) is 28.9 Å². The van der Waals surface area contributed by atoms with Gasteiger partial charge < -0.3 is 15.0 Å². The number of hydrogen-bond acceptors (Lipinski definition) is 8. The molecule has 2 atom stereocenters. The Morgan fingerprint density at radius 2 is 1.80 bits per heavy atom. The zero-order chi connectivity index (χ0) is 30.8. The average Bonchev–Trinajstić information content (AvgIpc) is 3.73. The number of nitrogens with zero attached hydrogens (tertiary/aromatic N) is 3. The summed E-state index contributed by atoms with van der Waals surface area (Å²) in [5.41, 5.74) is 2.91. The molecule has 1 aromatic heterocycles. The summed E-state index contributed by atoms with van der Waals surface area (Å²) in [4.78, 5) is 56.8. The summed E-state index contributed by atoms with van der Waals surface area (Å²) >= 11 is 1.46. The molecular formula is C31H26FN5O6S. The highest BCUT2D eigenvalue weighted by molar-refractivity contribution is 7.16. The summed E-state index contributed by atoms with van der Waals surface area (Å²) < 4.78 is 19.0. The molecule has 0 unspecified atom stereocenters. The molecule has 2 heterocycles. The maximum atomic E-state index is 13.6. The van der Waals surface area contributed by atoms with Gasteiger partial charge in [0.1, 0.15) is 5.82 Å². The molecule has 3 amide bonds. The maximum Gasteiger partial charge on any atom is 0.269 e. The van der Waals surface area contributed by atoms with Gasteiger partial charge in [-0.2, -0.15) is 0 Å². The molecule has 1 aliphatic heterocycles. The molecule has 2 aromatic carbocycles. The van der Waals surface area contributed by atoms with Crippen LogP contribution in [0.3, 0.4) is 0 Å². The predicted octanol–water partition coefficient (Wildman–Crippen LogP) is 5.13. The van der Waals surface area contributed by atoms with Crippen LogP contribution in [-0.2, 0) is 32.1 Å². The third kappa shape index (κ3) is 6.48. The van der Waals surface area contributed by atoms with E-state index in [1.807, 2.05) is 6.08 Å². The molecule has 0 radical (unpaired) electrons. The van der Waals surface area contributed by atoms with E-state index in [0.717, 1.165) is 23.4 Å². The minimum absolute atomic E-state index is 0.106. The summed E-state index contributed by atoms with van der Waals surface area (Å²) in [5, 5.41) is 16.9. The number of carbonyl (C=O) groups is 3. The van der Waals surface area contributed by atoms with Gasteiger partial charge in [0.25, 0.3) is 23.4 Å². The topological polar surface area (TPSA) is 147 Å². The van der Waals surface area contributed by atoms with Crippen molar-refractivity contribution in [3.05, 3.63) is 110 Å². The van der Waals surface area contributed by atoms with Crippen molar-refractivity contribution >= 4 is 51.6 Å². The molecule has 1 saturated heterocycles. The number of nitrogens with one attached hydrogen (secondary N) is 2. The zero-order valence-electron chi connectivity index (χ0n) is 23.2. The Hall–Kier alpha value is -5.01. The molecule has 6 rings (SSSR count). The van der Waals surface area contributed by atoms with Crippen molar-refractivity contribution in [2.45, 2.75) is 44.4 Å². The highest BCUT2D eigenvalue weighted by Crippen LogP contribution is 2.32. The van der Waals surface area contributed by atoms with Gasteiger partial charge in [0.15, 0.2) is 17.3 Å². The van der Waals surface area contributed by atoms with Crippen LogP contribution in [0, 0.1) is 15.9 Å². The highest BCUT2D eigenvalue weighted by Gasteiger charge is 2.52. The first-order valence-corrected chi connectivity index (χ1v) is 14.7. The number of fused-ring (bicyclic) bond motifs is 1. The van der Waals surface area contributed by atoms with Gasteiger partial charge in [-0.3, -0.25) is 29.8 Å². The van der Waals surface area contributed by atoms with E-state index in [1.165, 1.54) is 52.6 Å². The molecule has 0 spiro atoms. The Labute approximate surface area is 254 Å². The Balaban J connectivity index is 1.15. The quantitative estimate of drug-likeness (QED) is 0.193. The van der Waals surface area contributed by atoms with Crippen molar-refractivity contribution < 1.29 is 28.4 Å². The van der Waals surface area contributed by atoms with Crippen molar-refractivity contribution in [2.75, 3.05) is 10.6 Å². The molecule has 11 nitrogen and oxygen atoms in total. The van der Waals surface area contributed by atoms with Gasteiger partial charge in [-0.25, -0.2) is 9.37 Å². The van der Waals surface area contributed by atoms with Gasteiger partial charge in [-0.15, -0.1) is 11.3 Å². The minimum atomic E-state index is -1.05. The fraction of sp³-hybridized carbons (Fsp3) is 0.226. The number of nitro benzene ring substituents is 1. The van der Waals surface area contributed by atoms with E-state index in [2.05, 4.69) is 21.7 Å². The number of aromatic nitrogens is 1. The van der Waals surface area contributed by atoms with Crippen molar-refractivity contribution in [1.82, 2.24) is 9.88 Å². The smallest absolute Gasteiger partial charge is 0.269 e.